The summed E-state index contributed by atoms with van der Waals surface area (Å²) >= 11 is 0. The summed E-state index contributed by atoms with van der Waals surface area (Å²) in [5.41, 5.74) is 2.36. The van der Waals surface area contributed by atoms with Crippen molar-refractivity contribution in [3.63, 3.8) is 0 Å². The molecule has 0 spiro atoms. The van der Waals surface area contributed by atoms with Crippen LogP contribution < -0.4 is 10.1 Å². The fourth-order valence-corrected chi connectivity index (χ4v) is 3.60. The van der Waals surface area contributed by atoms with Crippen molar-refractivity contribution in [1.29, 1.82) is 0 Å². The summed E-state index contributed by atoms with van der Waals surface area (Å²) in [5, 5.41) is 3.56. The largest absolute Gasteiger partial charge is 0.491 e. The first-order chi connectivity index (χ1) is 9.04. The van der Waals surface area contributed by atoms with E-state index in [0.29, 0.717) is 6.04 Å². The van der Waals surface area contributed by atoms with E-state index in [4.69, 9.17) is 4.74 Å². The second kappa shape index (κ2) is 6.42. The Bertz CT molecular complexity index is 449. The number of anilines is 1. The number of rotatable bonds is 4. The molecule has 0 radical (unpaired) electrons. The van der Waals surface area contributed by atoms with E-state index in [1.165, 1.54) is 5.56 Å². The summed E-state index contributed by atoms with van der Waals surface area (Å²) in [6.45, 7) is 6.16. The smallest absolute Gasteiger partial charge is 0.120 e. The molecule has 2 rings (SSSR count). The van der Waals surface area contributed by atoms with E-state index in [2.05, 4.69) is 24.4 Å². The van der Waals surface area contributed by atoms with Crippen LogP contribution in [-0.4, -0.2) is 27.9 Å². The van der Waals surface area contributed by atoms with E-state index in [1.807, 2.05) is 19.9 Å². The molecule has 0 unspecified atom stereocenters. The molecule has 1 heterocycles. The summed E-state index contributed by atoms with van der Waals surface area (Å²) in [6.07, 6.45) is 2.19. The highest BCUT2D eigenvalue weighted by molar-refractivity contribution is 7.85. The highest BCUT2D eigenvalue weighted by atomic mass is 32.2. The minimum absolute atomic E-state index is 0.200. The second-order valence-electron chi connectivity index (χ2n) is 5.41. The normalized spacial score (nSPS) is 23.4. The van der Waals surface area contributed by atoms with Crippen LogP contribution in [0.2, 0.25) is 0 Å². The highest BCUT2D eigenvalue weighted by Gasteiger charge is 2.18. The van der Waals surface area contributed by atoms with Crippen molar-refractivity contribution in [2.24, 2.45) is 0 Å². The van der Waals surface area contributed by atoms with Crippen LogP contribution in [0.1, 0.15) is 32.3 Å². The molecule has 0 atom stereocenters. The van der Waals surface area contributed by atoms with Crippen LogP contribution in [0.5, 0.6) is 5.75 Å². The van der Waals surface area contributed by atoms with Gasteiger partial charge in [-0.05, 0) is 57.4 Å². The maximum atomic E-state index is 11.3. The molecule has 0 saturated carbocycles. The van der Waals surface area contributed by atoms with Gasteiger partial charge in [-0.3, -0.25) is 4.21 Å². The maximum absolute atomic E-state index is 11.3. The Kier molecular flexibility index (Phi) is 4.86. The van der Waals surface area contributed by atoms with Gasteiger partial charge < -0.3 is 10.1 Å². The molecular formula is C15H23NO2S. The van der Waals surface area contributed by atoms with Crippen LogP contribution in [0.25, 0.3) is 0 Å². The molecular weight excluding hydrogens is 258 g/mol. The number of ether oxygens (including phenoxy) is 1. The first kappa shape index (κ1) is 14.4. The van der Waals surface area contributed by atoms with Gasteiger partial charge in [-0.2, -0.15) is 0 Å². The summed E-state index contributed by atoms with van der Waals surface area (Å²) in [6, 6.07) is 6.62. The number of nitrogens with one attached hydrogen (secondary N) is 1. The van der Waals surface area contributed by atoms with Crippen LogP contribution in [0.3, 0.4) is 0 Å². The molecule has 1 N–H and O–H groups in total. The maximum Gasteiger partial charge on any atom is 0.120 e. The van der Waals surface area contributed by atoms with E-state index >= 15 is 0 Å². The van der Waals surface area contributed by atoms with Gasteiger partial charge in [-0.1, -0.05) is 0 Å². The first-order valence-electron chi connectivity index (χ1n) is 6.93. The molecule has 1 aliphatic rings. The van der Waals surface area contributed by atoms with Crippen molar-refractivity contribution in [1.82, 2.24) is 0 Å². The van der Waals surface area contributed by atoms with Gasteiger partial charge in [0.1, 0.15) is 5.75 Å². The molecule has 1 aromatic carbocycles. The Morgan fingerprint density at radius 1 is 1.32 bits per heavy atom. The molecule has 1 aromatic rings. The first-order valence-corrected chi connectivity index (χ1v) is 8.42. The van der Waals surface area contributed by atoms with Crippen molar-refractivity contribution in [2.45, 2.75) is 45.8 Å². The summed E-state index contributed by atoms with van der Waals surface area (Å²) in [5.74, 6) is 2.57. The monoisotopic (exact) mass is 281 g/mol. The molecule has 19 heavy (non-hydrogen) atoms. The summed E-state index contributed by atoms with van der Waals surface area (Å²) in [7, 11) is -0.595. The Morgan fingerprint density at radius 3 is 2.58 bits per heavy atom. The van der Waals surface area contributed by atoms with Crippen molar-refractivity contribution in [2.75, 3.05) is 16.8 Å². The molecule has 3 nitrogen and oxygen atoms in total. The van der Waals surface area contributed by atoms with Crippen molar-refractivity contribution in [3.05, 3.63) is 23.8 Å². The van der Waals surface area contributed by atoms with Gasteiger partial charge in [0, 0.05) is 34.0 Å². The van der Waals surface area contributed by atoms with Gasteiger partial charge in [0.05, 0.1) is 6.10 Å². The van der Waals surface area contributed by atoms with Gasteiger partial charge in [0.2, 0.25) is 0 Å². The quantitative estimate of drug-likeness (QED) is 0.921. The third kappa shape index (κ3) is 4.23. The zero-order valence-corrected chi connectivity index (χ0v) is 12.8. The van der Waals surface area contributed by atoms with Crippen molar-refractivity contribution < 1.29 is 8.95 Å². The van der Waals surface area contributed by atoms with Crippen molar-refractivity contribution >= 4 is 16.5 Å². The number of benzene rings is 1. The molecule has 1 fully saturated rings. The van der Waals surface area contributed by atoms with Gasteiger partial charge in [-0.15, -0.1) is 0 Å². The van der Waals surface area contributed by atoms with Crippen LogP contribution in [0.15, 0.2) is 18.2 Å². The minimum atomic E-state index is -0.595. The fraction of sp³-hybridized carbons (Fsp3) is 0.600. The molecule has 0 amide bonds. The van der Waals surface area contributed by atoms with Crippen LogP contribution in [-0.2, 0) is 10.8 Å². The highest BCUT2D eigenvalue weighted by Crippen LogP contribution is 2.24. The molecule has 4 heteroatoms. The van der Waals surface area contributed by atoms with E-state index in [1.54, 1.807) is 0 Å². The zero-order chi connectivity index (χ0) is 13.8. The lowest BCUT2D eigenvalue weighted by Gasteiger charge is -2.24. The van der Waals surface area contributed by atoms with Crippen molar-refractivity contribution in [3.8, 4) is 5.75 Å². The van der Waals surface area contributed by atoms with Gasteiger partial charge in [-0.25, -0.2) is 0 Å². The topological polar surface area (TPSA) is 38.3 Å². The number of aryl methyl sites for hydroxylation is 1. The Balaban J connectivity index is 1.99. The third-order valence-corrected chi connectivity index (χ3v) is 4.70. The van der Waals surface area contributed by atoms with Crippen LogP contribution in [0.4, 0.5) is 5.69 Å². The Morgan fingerprint density at radius 2 is 2.00 bits per heavy atom. The predicted molar refractivity (Wildman–Crippen MR) is 81.5 cm³/mol. The molecule has 0 aliphatic carbocycles. The molecule has 1 aliphatic heterocycles. The summed E-state index contributed by atoms with van der Waals surface area (Å²) in [4.78, 5) is 0. The minimum Gasteiger partial charge on any atom is -0.491 e. The Labute approximate surface area is 118 Å². The van der Waals surface area contributed by atoms with E-state index in [9.17, 15) is 4.21 Å². The van der Waals surface area contributed by atoms with Crippen LogP contribution >= 0.6 is 0 Å². The average Bonchev–Trinajstić information content (AvgIpc) is 2.34. The average molecular weight is 281 g/mol. The molecule has 106 valence electrons. The molecule has 1 saturated heterocycles. The lowest BCUT2D eigenvalue weighted by atomic mass is 10.1. The summed E-state index contributed by atoms with van der Waals surface area (Å²) < 4.78 is 17.0. The SMILES string of the molecule is Cc1cc(OC(C)C)ccc1NC1CCS(=O)CC1. The number of hydrogen-bond acceptors (Lipinski definition) is 3. The fourth-order valence-electron chi connectivity index (χ4n) is 2.30. The van der Waals surface area contributed by atoms with E-state index in [-0.39, 0.29) is 6.10 Å². The predicted octanol–water partition coefficient (Wildman–Crippen LogP) is 3.11. The number of hydrogen-bond donors (Lipinski definition) is 1. The Hall–Kier alpha value is -1.03. The van der Waals surface area contributed by atoms with E-state index in [0.717, 1.165) is 35.8 Å². The lowest BCUT2D eigenvalue weighted by molar-refractivity contribution is 0.242. The standard InChI is InChI=1S/C15H23NO2S/c1-11(2)18-14-4-5-15(12(3)10-14)16-13-6-8-19(17)9-7-13/h4-5,10-11,13,16H,6-9H2,1-3H3. The lowest BCUT2D eigenvalue weighted by Crippen LogP contribution is -2.29. The molecule has 0 aromatic heterocycles. The zero-order valence-electron chi connectivity index (χ0n) is 11.9. The van der Waals surface area contributed by atoms with Gasteiger partial charge in [0.15, 0.2) is 0 Å². The second-order valence-corrected chi connectivity index (χ2v) is 7.11. The van der Waals surface area contributed by atoms with Gasteiger partial charge >= 0.3 is 0 Å². The van der Waals surface area contributed by atoms with Gasteiger partial charge in [0.25, 0.3) is 0 Å². The van der Waals surface area contributed by atoms with E-state index < -0.39 is 10.8 Å². The van der Waals surface area contributed by atoms with Crippen LogP contribution in [0, 0.1) is 6.92 Å². The third-order valence-electron chi connectivity index (χ3n) is 3.32. The molecule has 0 bridgehead atoms.